The van der Waals surface area contributed by atoms with Gasteiger partial charge in [0.25, 0.3) is 11.5 Å². The van der Waals surface area contributed by atoms with Gasteiger partial charge in [-0.15, -0.1) is 0 Å². The maximum absolute atomic E-state index is 15.2. The minimum Gasteiger partial charge on any atom is -0.453 e. The third-order valence-corrected chi connectivity index (χ3v) is 16.5. The van der Waals surface area contributed by atoms with Crippen molar-refractivity contribution in [3.8, 4) is 23.3 Å². The van der Waals surface area contributed by atoms with Gasteiger partial charge in [0.1, 0.15) is 35.9 Å². The van der Waals surface area contributed by atoms with Crippen molar-refractivity contribution in [3.63, 3.8) is 0 Å². The number of anilines is 2. The SMILES string of the molecule is N#Cc1c(NS(=O)(=O)N2CC[C@@H](F)C2)ccc(F)c1Oc1ccc2ncn(-c3ccc(N4CCC(CN5CC6(CC(c7ccc8c(c7)CN(C7CCC(=O)NC7=O)C8=O)C6)C5)CC4)cc3)c(=O)c2c1. The number of benzene rings is 4. The van der Waals surface area contributed by atoms with Gasteiger partial charge in [0.15, 0.2) is 11.6 Å². The highest BCUT2D eigenvalue weighted by molar-refractivity contribution is 7.90. The summed E-state index contributed by atoms with van der Waals surface area (Å²) in [4.78, 5) is 62.2. The molecule has 69 heavy (non-hydrogen) atoms. The average molecular weight is 958 g/mol. The van der Waals surface area contributed by atoms with Gasteiger partial charge in [0.05, 0.1) is 22.3 Å². The highest BCUT2D eigenvalue weighted by Gasteiger charge is 2.53. The smallest absolute Gasteiger partial charge is 0.301 e. The number of carbonyl (C=O) groups excluding carboxylic acids is 3. The Bertz CT molecular complexity index is 3140. The molecule has 2 atom stereocenters. The number of imide groups is 1. The first-order chi connectivity index (χ1) is 33.2. The summed E-state index contributed by atoms with van der Waals surface area (Å²) in [6, 6.07) is 21.5. The Morgan fingerprint density at radius 3 is 2.41 bits per heavy atom. The number of carbonyl (C=O) groups is 3. The van der Waals surface area contributed by atoms with Crippen molar-refractivity contribution >= 4 is 50.2 Å². The van der Waals surface area contributed by atoms with Gasteiger partial charge < -0.3 is 19.4 Å². The molecule has 16 nitrogen and oxygen atoms in total. The van der Waals surface area contributed by atoms with Crippen LogP contribution in [-0.4, -0.2) is 108 Å². The third kappa shape index (κ3) is 8.37. The number of nitriles is 1. The van der Waals surface area contributed by atoms with Gasteiger partial charge >= 0.3 is 10.2 Å². The number of amides is 3. The minimum atomic E-state index is -4.24. The molecule has 2 N–H and O–H groups in total. The van der Waals surface area contributed by atoms with E-state index < -0.39 is 51.0 Å². The average Bonchev–Trinajstić information content (AvgIpc) is 3.91. The van der Waals surface area contributed by atoms with E-state index in [1.54, 1.807) is 4.90 Å². The van der Waals surface area contributed by atoms with Crippen LogP contribution in [0, 0.1) is 28.5 Å². The Labute approximate surface area is 396 Å². The van der Waals surface area contributed by atoms with Crippen LogP contribution < -0.4 is 25.2 Å². The molecule has 11 rings (SSSR count). The van der Waals surface area contributed by atoms with Crippen LogP contribution in [0.25, 0.3) is 16.6 Å². The normalized spacial score (nSPS) is 22.1. The summed E-state index contributed by atoms with van der Waals surface area (Å²) < 4.78 is 65.2. The fraction of sp³-hybridized carbons (Fsp3) is 0.400. The Kier molecular flexibility index (Phi) is 11.2. The molecule has 0 radical (unpaired) electrons. The molecule has 356 valence electrons. The topological polar surface area (TPSA) is 190 Å². The molecular formula is C50H49F2N9O7S. The van der Waals surface area contributed by atoms with Gasteiger partial charge in [-0.2, -0.15) is 18.0 Å². The van der Waals surface area contributed by atoms with Gasteiger partial charge in [-0.3, -0.25) is 33.8 Å². The highest BCUT2D eigenvalue weighted by Crippen LogP contribution is 2.56. The van der Waals surface area contributed by atoms with E-state index in [-0.39, 0.29) is 54.6 Å². The van der Waals surface area contributed by atoms with E-state index in [9.17, 15) is 37.2 Å². The number of fused-ring (bicyclic) bond motifs is 2. The van der Waals surface area contributed by atoms with Crippen LogP contribution in [0.2, 0.25) is 0 Å². The lowest BCUT2D eigenvalue weighted by atomic mass is 9.56. The summed E-state index contributed by atoms with van der Waals surface area (Å²) in [6.07, 6.45) is 5.21. The molecule has 1 aromatic heterocycles. The second kappa shape index (κ2) is 17.3. The van der Waals surface area contributed by atoms with Crippen molar-refractivity contribution < 1.29 is 36.3 Å². The van der Waals surface area contributed by atoms with Crippen LogP contribution in [0.4, 0.5) is 20.2 Å². The number of alkyl halides is 1. The van der Waals surface area contributed by atoms with E-state index >= 15 is 4.39 Å². The summed E-state index contributed by atoms with van der Waals surface area (Å²) in [7, 11) is -4.24. The van der Waals surface area contributed by atoms with E-state index in [1.807, 2.05) is 36.4 Å². The highest BCUT2D eigenvalue weighted by atomic mass is 32.2. The molecule has 5 aromatic rings. The Balaban J connectivity index is 0.674. The second-order valence-corrected chi connectivity index (χ2v) is 21.2. The van der Waals surface area contributed by atoms with Crippen LogP contribution in [0.3, 0.4) is 0 Å². The van der Waals surface area contributed by atoms with Gasteiger partial charge in [0, 0.05) is 70.0 Å². The fourth-order valence-electron chi connectivity index (χ4n) is 11.4. The Morgan fingerprint density at radius 2 is 1.68 bits per heavy atom. The van der Waals surface area contributed by atoms with Crippen LogP contribution in [0.1, 0.15) is 77.9 Å². The minimum absolute atomic E-state index is 0.0218. The number of nitrogens with zero attached hydrogens (tertiary/aromatic N) is 7. The standard InChI is InChI=1S/C50H49F2N9O7S/c51-34-15-18-59(26-34)69(66,67)56-43-10-8-41(52)46(40(43)23-53)68-37-6-9-42-39(20-37)49(65)61(29-54-42)36-4-2-35(3-5-36)58-16-13-30(14-17-58)24-57-27-50(28-57)21-33(22-50)31-1-7-38-32(19-31)25-60(48(38)64)44-11-12-45(62)55-47(44)63/h1-10,19-20,29-30,33-34,44,56H,11-18,21-22,24-28H2,(H,55,62,63)/t34-,44?/m1/s1. The zero-order valence-electron chi connectivity index (χ0n) is 37.6. The molecule has 4 aromatic carbocycles. The first kappa shape index (κ1) is 44.7. The summed E-state index contributed by atoms with van der Waals surface area (Å²) in [5.41, 5.74) is 4.21. The molecule has 0 bridgehead atoms. The molecule has 5 fully saturated rings. The van der Waals surface area contributed by atoms with Crippen molar-refractivity contribution in [2.24, 2.45) is 11.3 Å². The van der Waals surface area contributed by atoms with Gasteiger partial charge in [-0.1, -0.05) is 12.1 Å². The quantitative estimate of drug-likeness (QED) is 0.154. The summed E-state index contributed by atoms with van der Waals surface area (Å²) in [5, 5.41) is 12.5. The van der Waals surface area contributed by atoms with Crippen LogP contribution in [0.15, 0.2) is 83.9 Å². The zero-order chi connectivity index (χ0) is 47.8. The molecule has 1 spiro atoms. The van der Waals surface area contributed by atoms with E-state index in [0.29, 0.717) is 47.0 Å². The van der Waals surface area contributed by atoms with Crippen molar-refractivity contribution in [1.29, 1.82) is 5.26 Å². The molecule has 1 aliphatic carbocycles. The number of likely N-dealkylation sites (tertiary alicyclic amines) is 1. The number of hydrogen-bond acceptors (Lipinski definition) is 11. The lowest BCUT2D eigenvalue weighted by molar-refractivity contribution is -0.136. The first-order valence-corrected chi connectivity index (χ1v) is 24.9. The number of aromatic nitrogens is 2. The van der Waals surface area contributed by atoms with Gasteiger partial charge in [-0.25, -0.2) is 13.8 Å². The van der Waals surface area contributed by atoms with E-state index in [2.05, 4.69) is 37.0 Å². The number of nitrogens with one attached hydrogen (secondary N) is 2. The largest absolute Gasteiger partial charge is 0.453 e. The monoisotopic (exact) mass is 957 g/mol. The van der Waals surface area contributed by atoms with E-state index in [1.165, 1.54) is 34.7 Å². The number of halogens is 2. The molecule has 6 aliphatic rings. The number of hydrogen-bond donors (Lipinski definition) is 2. The first-order valence-electron chi connectivity index (χ1n) is 23.4. The summed E-state index contributed by atoms with van der Waals surface area (Å²) in [6.45, 7) is 5.19. The summed E-state index contributed by atoms with van der Waals surface area (Å²) in [5.74, 6) is -1.19. The lowest BCUT2D eigenvalue weighted by Gasteiger charge is -2.60. The zero-order valence-corrected chi connectivity index (χ0v) is 38.4. The molecular weight excluding hydrogens is 909 g/mol. The van der Waals surface area contributed by atoms with Crippen molar-refractivity contribution in [3.05, 3.63) is 118 Å². The predicted octanol–water partition coefficient (Wildman–Crippen LogP) is 5.75. The third-order valence-electron chi connectivity index (χ3n) is 15.0. The van der Waals surface area contributed by atoms with Crippen LogP contribution >= 0.6 is 0 Å². The maximum Gasteiger partial charge on any atom is 0.301 e. The Morgan fingerprint density at radius 1 is 0.913 bits per heavy atom. The van der Waals surface area contributed by atoms with Crippen LogP contribution in [-0.2, 0) is 26.3 Å². The number of rotatable bonds is 11. The maximum atomic E-state index is 15.2. The summed E-state index contributed by atoms with van der Waals surface area (Å²) >= 11 is 0. The fourth-order valence-corrected chi connectivity index (χ4v) is 12.6. The predicted molar refractivity (Wildman–Crippen MR) is 250 cm³/mol. The number of piperidine rings is 2. The lowest BCUT2D eigenvalue weighted by Crippen LogP contribution is -2.62. The molecule has 3 amide bonds. The van der Waals surface area contributed by atoms with Crippen LogP contribution in [0.5, 0.6) is 11.5 Å². The van der Waals surface area contributed by atoms with Crippen molar-refractivity contribution in [2.45, 2.75) is 69.6 Å². The number of ether oxygens (including phenoxy) is 1. The van der Waals surface area contributed by atoms with Gasteiger partial charge in [-0.05, 0) is 128 Å². The van der Waals surface area contributed by atoms with Crippen molar-refractivity contribution in [2.75, 3.05) is 55.4 Å². The molecule has 1 unspecified atom stereocenters. The molecule has 1 saturated carbocycles. The molecule has 5 aliphatic heterocycles. The molecule has 6 heterocycles. The van der Waals surface area contributed by atoms with Crippen molar-refractivity contribution in [1.82, 2.24) is 29.0 Å². The van der Waals surface area contributed by atoms with E-state index in [4.69, 9.17) is 4.74 Å². The van der Waals surface area contributed by atoms with E-state index in [0.717, 1.165) is 86.1 Å². The Hall–Kier alpha value is -6.75. The molecule has 19 heteroatoms. The second-order valence-electron chi connectivity index (χ2n) is 19.5. The van der Waals surface area contributed by atoms with Gasteiger partial charge in [0.2, 0.25) is 11.8 Å². The molecule has 4 saturated heterocycles.